The smallest absolute Gasteiger partial charge is 0.241 e. The maximum absolute atomic E-state index is 12.8. The van der Waals surface area contributed by atoms with Crippen molar-refractivity contribution in [2.75, 3.05) is 0 Å². The molecule has 0 saturated heterocycles. The predicted octanol–water partition coefficient (Wildman–Crippen LogP) is 3.69. The van der Waals surface area contributed by atoms with Crippen molar-refractivity contribution in [3.05, 3.63) is 76.8 Å². The van der Waals surface area contributed by atoms with Crippen molar-refractivity contribution in [1.29, 1.82) is 0 Å². The second kappa shape index (κ2) is 5.55. The molecule has 0 radical (unpaired) electrons. The van der Waals surface area contributed by atoms with E-state index in [4.69, 9.17) is 5.53 Å². The molecule has 2 aromatic carbocycles. The van der Waals surface area contributed by atoms with Crippen LogP contribution in [0.25, 0.3) is 21.3 Å². The first-order chi connectivity index (χ1) is 10.6. The highest BCUT2D eigenvalue weighted by atomic mass is 32.2. The zero-order chi connectivity index (χ0) is 15.6. The average molecular weight is 312 g/mol. The Balaban J connectivity index is 2.25. The Labute approximate surface area is 127 Å². The zero-order valence-electron chi connectivity index (χ0n) is 11.5. The number of benzene rings is 2. The minimum Gasteiger partial charge on any atom is -0.241 e. The molecule has 0 saturated carbocycles. The Morgan fingerprint density at radius 1 is 1.05 bits per heavy atom. The number of nitrogens with zero attached hydrogens (tertiary/aromatic N) is 4. The molecular weight excluding hydrogens is 300 g/mol. The molecule has 0 atom stereocenters. The molecule has 22 heavy (non-hydrogen) atoms. The highest BCUT2D eigenvalue weighted by Crippen LogP contribution is 2.26. The summed E-state index contributed by atoms with van der Waals surface area (Å²) in [5.74, 6) is 0. The number of hydrogen-bond donors (Lipinski definition) is 0. The summed E-state index contributed by atoms with van der Waals surface area (Å²) >= 11 is 0. The van der Waals surface area contributed by atoms with E-state index in [2.05, 4.69) is 10.0 Å². The maximum Gasteiger partial charge on any atom is 0.268 e. The van der Waals surface area contributed by atoms with Crippen LogP contribution in [0.2, 0.25) is 0 Å². The molecular formula is C15H12N4O2S. The molecule has 1 aromatic heterocycles. The largest absolute Gasteiger partial charge is 0.268 e. The van der Waals surface area contributed by atoms with Gasteiger partial charge in [-0.25, -0.2) is 12.4 Å². The van der Waals surface area contributed by atoms with Crippen molar-refractivity contribution in [2.24, 2.45) is 5.11 Å². The van der Waals surface area contributed by atoms with Gasteiger partial charge in [0.2, 0.25) is 0 Å². The van der Waals surface area contributed by atoms with Gasteiger partial charge in [-0.3, -0.25) is 0 Å². The van der Waals surface area contributed by atoms with E-state index >= 15 is 0 Å². The highest BCUT2D eigenvalue weighted by molar-refractivity contribution is 7.90. The quantitative estimate of drug-likeness (QED) is 0.418. The van der Waals surface area contributed by atoms with Gasteiger partial charge in [0.1, 0.15) is 0 Å². The maximum atomic E-state index is 12.8. The molecule has 0 fully saturated rings. The molecule has 0 aliphatic rings. The summed E-state index contributed by atoms with van der Waals surface area (Å²) in [5, 5.41) is 4.29. The Kier molecular flexibility index (Phi) is 3.58. The summed E-state index contributed by atoms with van der Waals surface area (Å²) in [7, 11) is -3.69. The normalized spacial score (nSPS) is 11.3. The van der Waals surface area contributed by atoms with Crippen LogP contribution >= 0.6 is 0 Å². The van der Waals surface area contributed by atoms with Crippen LogP contribution in [0.3, 0.4) is 0 Å². The molecule has 110 valence electrons. The third-order valence-electron chi connectivity index (χ3n) is 3.36. The molecule has 3 aromatic rings. The molecule has 0 spiro atoms. The summed E-state index contributed by atoms with van der Waals surface area (Å²) in [6.45, 7) is 0.105. The molecule has 6 nitrogen and oxygen atoms in total. The van der Waals surface area contributed by atoms with Crippen molar-refractivity contribution < 1.29 is 8.42 Å². The first-order valence-electron chi connectivity index (χ1n) is 6.55. The third-order valence-corrected chi connectivity index (χ3v) is 5.05. The summed E-state index contributed by atoms with van der Waals surface area (Å²) in [6, 6.07) is 15.4. The third kappa shape index (κ3) is 2.32. The minimum absolute atomic E-state index is 0.105. The van der Waals surface area contributed by atoms with Crippen molar-refractivity contribution in [3.63, 3.8) is 0 Å². The highest BCUT2D eigenvalue weighted by Gasteiger charge is 2.20. The summed E-state index contributed by atoms with van der Waals surface area (Å²) in [6.07, 6.45) is 1.52. The zero-order valence-corrected chi connectivity index (χ0v) is 12.3. The molecule has 0 bridgehead atoms. The fraction of sp³-hybridized carbons (Fsp3) is 0.0667. The van der Waals surface area contributed by atoms with E-state index in [1.807, 2.05) is 12.1 Å². The van der Waals surface area contributed by atoms with E-state index in [0.29, 0.717) is 11.1 Å². The molecule has 0 N–H and O–H groups in total. The number of para-hydroxylation sites is 1. The Morgan fingerprint density at radius 3 is 2.45 bits per heavy atom. The molecule has 3 rings (SSSR count). The Hall–Kier alpha value is -2.76. The Morgan fingerprint density at radius 2 is 1.73 bits per heavy atom. The van der Waals surface area contributed by atoms with Crippen LogP contribution in [-0.2, 0) is 16.6 Å². The van der Waals surface area contributed by atoms with Gasteiger partial charge in [-0.05, 0) is 29.3 Å². The van der Waals surface area contributed by atoms with E-state index < -0.39 is 10.0 Å². The molecule has 7 heteroatoms. The van der Waals surface area contributed by atoms with Gasteiger partial charge in [0.15, 0.2) is 0 Å². The van der Waals surface area contributed by atoms with E-state index in [9.17, 15) is 8.42 Å². The average Bonchev–Trinajstić information content (AvgIpc) is 2.93. The van der Waals surface area contributed by atoms with Crippen LogP contribution in [0.15, 0.2) is 70.8 Å². The lowest BCUT2D eigenvalue weighted by Crippen LogP contribution is -2.11. The molecule has 0 aliphatic heterocycles. The summed E-state index contributed by atoms with van der Waals surface area (Å²) in [5.41, 5.74) is 9.72. The van der Waals surface area contributed by atoms with Crippen molar-refractivity contribution in [2.45, 2.75) is 11.4 Å². The number of aromatic nitrogens is 1. The van der Waals surface area contributed by atoms with Crippen LogP contribution < -0.4 is 0 Å². The first kappa shape index (κ1) is 14.2. The first-order valence-corrected chi connectivity index (χ1v) is 7.99. The van der Waals surface area contributed by atoms with Crippen molar-refractivity contribution in [3.8, 4) is 0 Å². The number of fused-ring (bicyclic) bond motifs is 1. The fourth-order valence-electron chi connectivity index (χ4n) is 2.36. The lowest BCUT2D eigenvalue weighted by atomic mass is 10.2. The van der Waals surface area contributed by atoms with Gasteiger partial charge in [-0.2, -0.15) is 0 Å². The van der Waals surface area contributed by atoms with E-state index in [-0.39, 0.29) is 11.4 Å². The van der Waals surface area contributed by atoms with E-state index in [0.717, 1.165) is 5.39 Å². The summed E-state index contributed by atoms with van der Waals surface area (Å²) in [4.78, 5) is 2.95. The van der Waals surface area contributed by atoms with E-state index in [1.165, 1.54) is 10.2 Å². The standard InChI is InChI=1S/C15H12N4O2S/c16-18-17-10-12-11-19(15-9-5-4-8-14(12)15)22(20,21)13-6-2-1-3-7-13/h1-9,11H,10H2. The van der Waals surface area contributed by atoms with Crippen LogP contribution in [0.1, 0.15) is 5.56 Å². The molecule has 1 heterocycles. The van der Waals surface area contributed by atoms with E-state index in [1.54, 1.807) is 42.5 Å². The molecule has 0 aliphatic carbocycles. The minimum atomic E-state index is -3.69. The van der Waals surface area contributed by atoms with Gasteiger partial charge in [-0.1, -0.05) is 41.5 Å². The summed E-state index contributed by atoms with van der Waals surface area (Å²) < 4.78 is 26.8. The van der Waals surface area contributed by atoms with Gasteiger partial charge in [0.05, 0.1) is 17.0 Å². The van der Waals surface area contributed by atoms with Gasteiger partial charge in [0, 0.05) is 16.5 Å². The lowest BCUT2D eigenvalue weighted by molar-refractivity contribution is 0.589. The van der Waals surface area contributed by atoms with Gasteiger partial charge in [-0.15, -0.1) is 0 Å². The van der Waals surface area contributed by atoms with Crippen LogP contribution in [0, 0.1) is 0 Å². The lowest BCUT2D eigenvalue weighted by Gasteiger charge is -2.07. The van der Waals surface area contributed by atoms with Crippen LogP contribution in [0.5, 0.6) is 0 Å². The van der Waals surface area contributed by atoms with Gasteiger partial charge < -0.3 is 0 Å². The molecule has 0 unspecified atom stereocenters. The number of hydrogen-bond acceptors (Lipinski definition) is 3. The van der Waals surface area contributed by atoms with Crippen LogP contribution in [-0.4, -0.2) is 12.4 Å². The van der Waals surface area contributed by atoms with Gasteiger partial charge in [0.25, 0.3) is 10.0 Å². The predicted molar refractivity (Wildman–Crippen MR) is 83.8 cm³/mol. The van der Waals surface area contributed by atoms with Crippen LogP contribution in [0.4, 0.5) is 0 Å². The second-order valence-corrected chi connectivity index (χ2v) is 6.49. The molecule has 0 amide bonds. The topological polar surface area (TPSA) is 87.8 Å². The Bertz CT molecular complexity index is 971. The van der Waals surface area contributed by atoms with Gasteiger partial charge >= 0.3 is 0 Å². The SMILES string of the molecule is [N-]=[N+]=NCc1cn(S(=O)(=O)c2ccccc2)c2ccccc12. The van der Waals surface area contributed by atoms with Crippen molar-refractivity contribution in [1.82, 2.24) is 3.97 Å². The number of azide groups is 1. The van der Waals surface area contributed by atoms with Crippen molar-refractivity contribution >= 4 is 20.9 Å². The monoisotopic (exact) mass is 312 g/mol. The fourth-order valence-corrected chi connectivity index (χ4v) is 3.77. The second-order valence-electron chi connectivity index (χ2n) is 4.67. The number of rotatable bonds is 4.